The van der Waals surface area contributed by atoms with E-state index in [2.05, 4.69) is 171 Å². The van der Waals surface area contributed by atoms with E-state index in [-0.39, 0.29) is 0 Å². The zero-order chi connectivity index (χ0) is 37.8. The van der Waals surface area contributed by atoms with Crippen molar-refractivity contribution in [1.29, 1.82) is 0 Å². The van der Waals surface area contributed by atoms with E-state index in [1.807, 2.05) is 54.6 Å². The Labute approximate surface area is 327 Å². The third kappa shape index (κ3) is 6.18. The van der Waals surface area contributed by atoms with Crippen LogP contribution < -0.4 is 9.80 Å². The molecule has 0 N–H and O–H groups in total. The second kappa shape index (κ2) is 14.8. The molecule has 0 aliphatic carbocycles. The van der Waals surface area contributed by atoms with Crippen molar-refractivity contribution in [3.05, 3.63) is 229 Å². The fraction of sp³-hybridized carbons (Fsp3) is 0. The highest BCUT2D eigenvalue weighted by Gasteiger charge is 2.24. The van der Waals surface area contributed by atoms with Crippen LogP contribution in [0.25, 0.3) is 53.5 Å². The molecule has 0 saturated carbocycles. The van der Waals surface area contributed by atoms with E-state index in [0.29, 0.717) is 11.4 Å². The SMILES string of the molecule is [C-]#[N+]c1cccc(-c2c3ccccc3c(-c3cccc([N+]#[C-])c3)c3c(N(c4ccccc4)c4ccc(N(c5ccccc5)c5ccccc5)cc4)cccc23)c1. The van der Waals surface area contributed by atoms with E-state index in [4.69, 9.17) is 13.1 Å². The van der Waals surface area contributed by atoms with Crippen LogP contribution in [-0.4, -0.2) is 0 Å². The minimum Gasteiger partial charge on any atom is -0.311 e. The van der Waals surface area contributed by atoms with Gasteiger partial charge < -0.3 is 9.80 Å². The molecule has 0 saturated heterocycles. The van der Waals surface area contributed by atoms with Crippen molar-refractivity contribution in [2.75, 3.05) is 9.80 Å². The van der Waals surface area contributed by atoms with E-state index >= 15 is 0 Å². The summed E-state index contributed by atoms with van der Waals surface area (Å²) in [4.78, 5) is 12.2. The van der Waals surface area contributed by atoms with Gasteiger partial charge in [0.05, 0.1) is 18.8 Å². The lowest BCUT2D eigenvalue weighted by Gasteiger charge is -2.30. The first-order valence-electron chi connectivity index (χ1n) is 18.5. The predicted octanol–water partition coefficient (Wildman–Crippen LogP) is 15.4. The number of hydrogen-bond donors (Lipinski definition) is 0. The normalized spacial score (nSPS) is 10.8. The van der Waals surface area contributed by atoms with Crippen molar-refractivity contribution in [3.8, 4) is 22.3 Å². The lowest BCUT2D eigenvalue weighted by molar-refractivity contribution is 1.26. The number of anilines is 6. The first-order valence-corrected chi connectivity index (χ1v) is 18.5. The van der Waals surface area contributed by atoms with E-state index in [9.17, 15) is 0 Å². The number of benzene rings is 9. The van der Waals surface area contributed by atoms with Crippen molar-refractivity contribution < 1.29 is 0 Å². The molecule has 4 heteroatoms. The summed E-state index contributed by atoms with van der Waals surface area (Å²) in [6.45, 7) is 15.7. The predicted molar refractivity (Wildman–Crippen MR) is 234 cm³/mol. The summed E-state index contributed by atoms with van der Waals surface area (Å²) in [5.74, 6) is 0. The summed E-state index contributed by atoms with van der Waals surface area (Å²) in [5.41, 5.74) is 11.5. The number of hydrogen-bond acceptors (Lipinski definition) is 2. The highest BCUT2D eigenvalue weighted by Crippen LogP contribution is 2.50. The van der Waals surface area contributed by atoms with Crippen molar-refractivity contribution in [3.63, 3.8) is 0 Å². The summed E-state index contributed by atoms with van der Waals surface area (Å²) in [6.07, 6.45) is 0. The minimum absolute atomic E-state index is 0.586. The Morgan fingerprint density at radius 3 is 1.23 bits per heavy atom. The van der Waals surface area contributed by atoms with Gasteiger partial charge in [-0.05, 0) is 117 Å². The molecular formula is C52H34N4. The summed E-state index contributed by atoms with van der Waals surface area (Å²) < 4.78 is 0. The molecule has 0 fully saturated rings. The van der Waals surface area contributed by atoms with Crippen molar-refractivity contribution in [1.82, 2.24) is 0 Å². The molecule has 0 spiro atoms. The van der Waals surface area contributed by atoms with Crippen molar-refractivity contribution in [2.45, 2.75) is 0 Å². The third-order valence-electron chi connectivity index (χ3n) is 10.2. The van der Waals surface area contributed by atoms with Crippen LogP contribution in [0.15, 0.2) is 206 Å². The molecule has 0 aliphatic rings. The molecule has 9 rings (SSSR count). The monoisotopic (exact) mass is 714 g/mol. The van der Waals surface area contributed by atoms with Gasteiger partial charge in [0.15, 0.2) is 11.4 Å². The van der Waals surface area contributed by atoms with Crippen LogP contribution in [0.2, 0.25) is 0 Å². The van der Waals surface area contributed by atoms with Crippen LogP contribution >= 0.6 is 0 Å². The van der Waals surface area contributed by atoms with Crippen LogP contribution in [0.5, 0.6) is 0 Å². The molecule has 0 heterocycles. The Balaban J connectivity index is 1.34. The molecular weight excluding hydrogens is 681 g/mol. The molecule has 9 aromatic rings. The third-order valence-corrected chi connectivity index (χ3v) is 10.2. The standard InChI is InChI=1S/C52H34N4/c1-53-39-19-14-17-37(35-39)50-46-27-12-13-28-47(46)51(38-18-15-20-40(36-38)54-2)52-48(50)29-16-30-49(52)56(43-25-10-5-11-26-43)45-33-31-44(32-34-45)55(41-21-6-3-7-22-41)42-23-8-4-9-24-42/h3-36H. The van der Waals surface area contributed by atoms with Gasteiger partial charge in [-0.2, -0.15) is 0 Å². The highest BCUT2D eigenvalue weighted by molar-refractivity contribution is 6.25. The molecule has 0 bridgehead atoms. The molecule has 0 radical (unpaired) electrons. The van der Waals surface area contributed by atoms with Crippen LogP contribution in [0, 0.1) is 13.1 Å². The molecule has 0 unspecified atom stereocenters. The van der Waals surface area contributed by atoms with Crippen LogP contribution in [0.1, 0.15) is 0 Å². The number of fused-ring (bicyclic) bond motifs is 2. The van der Waals surface area contributed by atoms with Gasteiger partial charge in [-0.25, -0.2) is 9.69 Å². The van der Waals surface area contributed by atoms with E-state index < -0.39 is 0 Å². The van der Waals surface area contributed by atoms with Crippen LogP contribution in [0.4, 0.5) is 45.5 Å². The molecule has 9 aromatic carbocycles. The van der Waals surface area contributed by atoms with Crippen LogP contribution in [-0.2, 0) is 0 Å². The molecule has 4 nitrogen and oxygen atoms in total. The summed E-state index contributed by atoms with van der Waals surface area (Å²) in [5, 5.41) is 4.27. The molecule has 0 aliphatic heterocycles. The van der Waals surface area contributed by atoms with Gasteiger partial charge in [0.1, 0.15) is 0 Å². The van der Waals surface area contributed by atoms with Gasteiger partial charge in [-0.15, -0.1) is 0 Å². The Morgan fingerprint density at radius 1 is 0.321 bits per heavy atom. The quantitative estimate of drug-likeness (QED) is 0.115. The zero-order valence-corrected chi connectivity index (χ0v) is 30.4. The highest BCUT2D eigenvalue weighted by atomic mass is 15.2. The minimum atomic E-state index is 0.586. The van der Waals surface area contributed by atoms with E-state index in [1.165, 1.54) is 0 Å². The zero-order valence-electron chi connectivity index (χ0n) is 30.4. The van der Waals surface area contributed by atoms with Gasteiger partial charge in [0, 0.05) is 33.8 Å². The van der Waals surface area contributed by atoms with E-state index in [1.54, 1.807) is 0 Å². The number of nitrogens with zero attached hydrogens (tertiary/aromatic N) is 4. The van der Waals surface area contributed by atoms with Gasteiger partial charge in [0.25, 0.3) is 0 Å². The fourth-order valence-corrected chi connectivity index (χ4v) is 7.83. The first kappa shape index (κ1) is 33.9. The maximum absolute atomic E-state index is 7.90. The Kier molecular flexibility index (Phi) is 8.98. The topological polar surface area (TPSA) is 15.2 Å². The number of rotatable bonds is 8. The molecule has 262 valence electrons. The van der Waals surface area contributed by atoms with Gasteiger partial charge in [0.2, 0.25) is 0 Å². The molecule has 56 heavy (non-hydrogen) atoms. The number of para-hydroxylation sites is 3. The molecule has 0 aromatic heterocycles. The van der Waals surface area contributed by atoms with Gasteiger partial charge in [-0.3, -0.25) is 0 Å². The lowest BCUT2D eigenvalue weighted by atomic mass is 9.85. The molecule has 0 atom stereocenters. The smallest absolute Gasteiger partial charge is 0.187 e. The summed E-state index contributed by atoms with van der Waals surface area (Å²) in [6, 6.07) is 71.0. The first-order chi connectivity index (χ1) is 27.7. The van der Waals surface area contributed by atoms with Crippen LogP contribution in [0.3, 0.4) is 0 Å². The second-order valence-electron chi connectivity index (χ2n) is 13.5. The van der Waals surface area contributed by atoms with Crippen molar-refractivity contribution >= 4 is 67.0 Å². The molecule has 0 amide bonds. The summed E-state index contributed by atoms with van der Waals surface area (Å²) >= 11 is 0. The Morgan fingerprint density at radius 2 is 0.714 bits per heavy atom. The maximum atomic E-state index is 7.90. The van der Waals surface area contributed by atoms with E-state index in [0.717, 1.165) is 77.9 Å². The Bertz CT molecular complexity index is 2890. The van der Waals surface area contributed by atoms with Crippen molar-refractivity contribution in [2.24, 2.45) is 0 Å². The fourth-order valence-electron chi connectivity index (χ4n) is 7.83. The Hall–Kier alpha value is -7.92. The van der Waals surface area contributed by atoms with Gasteiger partial charge >= 0.3 is 0 Å². The lowest BCUT2D eigenvalue weighted by Crippen LogP contribution is -2.12. The average molecular weight is 715 g/mol. The largest absolute Gasteiger partial charge is 0.311 e. The van der Waals surface area contributed by atoms with Gasteiger partial charge in [-0.1, -0.05) is 127 Å². The second-order valence-corrected chi connectivity index (χ2v) is 13.5. The summed E-state index contributed by atoms with van der Waals surface area (Å²) in [7, 11) is 0. The average Bonchev–Trinajstić information content (AvgIpc) is 3.27. The maximum Gasteiger partial charge on any atom is 0.187 e.